The van der Waals surface area contributed by atoms with E-state index in [1.165, 1.54) is 0 Å². The molecule has 4 N–H and O–H groups in total. The van der Waals surface area contributed by atoms with Gasteiger partial charge in [0.05, 0.1) is 6.10 Å². The number of methoxy groups -OCH3 is 1. The smallest absolute Gasteiger partial charge is 0.219 e. The van der Waals surface area contributed by atoms with Crippen LogP contribution in [0.3, 0.4) is 0 Å². The van der Waals surface area contributed by atoms with Gasteiger partial charge in [0.15, 0.2) is 0 Å². The van der Waals surface area contributed by atoms with Gasteiger partial charge in [-0.3, -0.25) is 9.69 Å². The summed E-state index contributed by atoms with van der Waals surface area (Å²) in [5.41, 5.74) is 10.8. The summed E-state index contributed by atoms with van der Waals surface area (Å²) in [6.45, 7) is 2.36. The lowest BCUT2D eigenvalue weighted by Crippen LogP contribution is -2.48. The lowest BCUT2D eigenvalue weighted by Gasteiger charge is -2.36. The van der Waals surface area contributed by atoms with Crippen molar-refractivity contribution < 1.29 is 9.53 Å². The van der Waals surface area contributed by atoms with Crippen molar-refractivity contribution in [2.75, 3.05) is 26.7 Å². The molecule has 1 amide bonds. The Kier molecular flexibility index (Phi) is 5.01. The number of likely N-dealkylation sites (tertiary alicyclic amines) is 1. The van der Waals surface area contributed by atoms with Crippen molar-refractivity contribution >= 4 is 5.91 Å². The number of amides is 1. The summed E-state index contributed by atoms with van der Waals surface area (Å²) in [6, 6.07) is 0.0975. The van der Waals surface area contributed by atoms with Crippen molar-refractivity contribution in [3.63, 3.8) is 0 Å². The summed E-state index contributed by atoms with van der Waals surface area (Å²) < 4.78 is 5.28. The van der Waals surface area contributed by atoms with Crippen molar-refractivity contribution in [3.8, 4) is 0 Å². The van der Waals surface area contributed by atoms with Crippen molar-refractivity contribution in [1.29, 1.82) is 0 Å². The highest BCUT2D eigenvalue weighted by Gasteiger charge is 2.24. The van der Waals surface area contributed by atoms with Crippen LogP contribution in [0.5, 0.6) is 0 Å². The highest BCUT2D eigenvalue weighted by Crippen LogP contribution is 2.16. The third-order valence-corrected chi connectivity index (χ3v) is 3.04. The second kappa shape index (κ2) is 6.05. The molecule has 0 spiro atoms. The van der Waals surface area contributed by atoms with E-state index in [-0.39, 0.29) is 11.9 Å². The quantitative estimate of drug-likeness (QED) is 0.635. The van der Waals surface area contributed by atoms with Crippen LogP contribution in [0.2, 0.25) is 0 Å². The fourth-order valence-electron chi connectivity index (χ4n) is 2.07. The maximum Gasteiger partial charge on any atom is 0.219 e. The molecule has 88 valence electrons. The van der Waals surface area contributed by atoms with Crippen LogP contribution in [0.25, 0.3) is 0 Å². The summed E-state index contributed by atoms with van der Waals surface area (Å²) >= 11 is 0. The number of nitrogens with two attached hydrogens (primary N) is 2. The Morgan fingerprint density at radius 3 is 2.53 bits per heavy atom. The van der Waals surface area contributed by atoms with Crippen LogP contribution in [0.1, 0.15) is 19.3 Å². The van der Waals surface area contributed by atoms with Gasteiger partial charge in [0.25, 0.3) is 0 Å². The summed E-state index contributed by atoms with van der Waals surface area (Å²) in [5, 5.41) is 0. The maximum atomic E-state index is 10.8. The summed E-state index contributed by atoms with van der Waals surface area (Å²) in [7, 11) is 1.74. The lowest BCUT2D eigenvalue weighted by molar-refractivity contribution is -0.119. The van der Waals surface area contributed by atoms with E-state index in [0.717, 1.165) is 25.9 Å². The average Bonchev–Trinajstić information content (AvgIpc) is 2.26. The zero-order valence-corrected chi connectivity index (χ0v) is 9.32. The number of carbonyl (C=O) groups is 1. The number of primary amides is 1. The van der Waals surface area contributed by atoms with Gasteiger partial charge in [0, 0.05) is 39.2 Å². The number of carbonyl (C=O) groups excluding carboxylic acids is 1. The molecule has 0 saturated carbocycles. The van der Waals surface area contributed by atoms with Crippen LogP contribution in [0.4, 0.5) is 0 Å². The largest absolute Gasteiger partial charge is 0.381 e. The molecule has 1 atom stereocenters. The van der Waals surface area contributed by atoms with E-state index in [9.17, 15) is 4.79 Å². The number of ether oxygens (including phenoxy) is 1. The van der Waals surface area contributed by atoms with Gasteiger partial charge in [-0.05, 0) is 12.8 Å². The molecule has 1 unspecified atom stereocenters. The predicted octanol–water partition coefficient (Wildman–Crippen LogP) is -0.700. The Bertz CT molecular complexity index is 203. The fourth-order valence-corrected chi connectivity index (χ4v) is 2.07. The molecule has 0 radical (unpaired) electrons. The molecule has 0 aromatic rings. The van der Waals surface area contributed by atoms with Gasteiger partial charge in [0.2, 0.25) is 5.91 Å². The minimum atomic E-state index is -0.278. The summed E-state index contributed by atoms with van der Waals surface area (Å²) in [5.74, 6) is -0.278. The molecule has 1 saturated heterocycles. The molecule has 5 nitrogen and oxygen atoms in total. The van der Waals surface area contributed by atoms with Gasteiger partial charge in [-0.15, -0.1) is 0 Å². The van der Waals surface area contributed by atoms with Crippen LogP contribution in [0, 0.1) is 0 Å². The van der Waals surface area contributed by atoms with E-state index in [0.29, 0.717) is 19.1 Å². The Balaban J connectivity index is 2.39. The zero-order valence-electron chi connectivity index (χ0n) is 9.32. The Hall–Kier alpha value is -0.650. The van der Waals surface area contributed by atoms with E-state index in [1.54, 1.807) is 7.11 Å². The number of hydrogen-bond donors (Lipinski definition) is 2. The van der Waals surface area contributed by atoms with E-state index in [4.69, 9.17) is 16.2 Å². The SMILES string of the molecule is COC1CCN(C(CN)CC(N)=O)CC1. The molecular formula is C10H21N3O2. The normalized spacial score (nSPS) is 21.5. The molecule has 1 heterocycles. The molecule has 0 bridgehead atoms. The van der Waals surface area contributed by atoms with Crippen LogP contribution in [-0.4, -0.2) is 49.7 Å². The van der Waals surface area contributed by atoms with Crippen molar-refractivity contribution in [3.05, 3.63) is 0 Å². The third-order valence-electron chi connectivity index (χ3n) is 3.04. The lowest BCUT2D eigenvalue weighted by atomic mass is 10.0. The molecule has 1 aliphatic rings. The second-order valence-corrected chi connectivity index (χ2v) is 4.03. The first kappa shape index (κ1) is 12.4. The molecule has 1 rings (SSSR count). The van der Waals surface area contributed by atoms with Gasteiger partial charge >= 0.3 is 0 Å². The van der Waals surface area contributed by atoms with Crippen molar-refractivity contribution in [1.82, 2.24) is 4.90 Å². The Morgan fingerprint density at radius 1 is 1.53 bits per heavy atom. The Morgan fingerprint density at radius 2 is 2.13 bits per heavy atom. The van der Waals surface area contributed by atoms with Crippen molar-refractivity contribution in [2.24, 2.45) is 11.5 Å². The van der Waals surface area contributed by atoms with E-state index in [1.807, 2.05) is 0 Å². The average molecular weight is 215 g/mol. The van der Waals surface area contributed by atoms with Crippen LogP contribution >= 0.6 is 0 Å². The molecule has 1 aliphatic heterocycles. The molecule has 15 heavy (non-hydrogen) atoms. The highest BCUT2D eigenvalue weighted by molar-refractivity contribution is 5.74. The monoisotopic (exact) mass is 215 g/mol. The van der Waals surface area contributed by atoms with E-state index < -0.39 is 0 Å². The van der Waals surface area contributed by atoms with E-state index >= 15 is 0 Å². The molecular weight excluding hydrogens is 194 g/mol. The first-order valence-corrected chi connectivity index (χ1v) is 5.42. The van der Waals surface area contributed by atoms with Crippen molar-refractivity contribution in [2.45, 2.75) is 31.4 Å². The number of piperidine rings is 1. The van der Waals surface area contributed by atoms with Crippen LogP contribution in [0.15, 0.2) is 0 Å². The molecule has 0 aromatic carbocycles. The van der Waals surface area contributed by atoms with Gasteiger partial charge in [-0.2, -0.15) is 0 Å². The summed E-state index contributed by atoms with van der Waals surface area (Å²) in [4.78, 5) is 13.1. The first-order chi connectivity index (χ1) is 7.17. The van der Waals surface area contributed by atoms with E-state index in [2.05, 4.69) is 4.90 Å². The topological polar surface area (TPSA) is 81.6 Å². The molecule has 1 fully saturated rings. The van der Waals surface area contributed by atoms with Crippen LogP contribution in [-0.2, 0) is 9.53 Å². The Labute approximate surface area is 90.7 Å². The van der Waals surface area contributed by atoms with Gasteiger partial charge in [0.1, 0.15) is 0 Å². The second-order valence-electron chi connectivity index (χ2n) is 4.03. The van der Waals surface area contributed by atoms with Gasteiger partial charge in [-0.25, -0.2) is 0 Å². The number of hydrogen-bond acceptors (Lipinski definition) is 4. The highest BCUT2D eigenvalue weighted by atomic mass is 16.5. The fraction of sp³-hybridized carbons (Fsp3) is 0.900. The first-order valence-electron chi connectivity index (χ1n) is 5.42. The minimum Gasteiger partial charge on any atom is -0.381 e. The standard InChI is InChI=1S/C10H21N3O2/c1-15-9-2-4-13(5-3-9)8(7-11)6-10(12)14/h8-9H,2-7,11H2,1H3,(H2,12,14). The molecule has 0 aromatic heterocycles. The molecule has 5 heteroatoms. The number of nitrogens with zero attached hydrogens (tertiary/aromatic N) is 1. The minimum absolute atomic E-state index is 0.0975. The van der Waals surface area contributed by atoms with Gasteiger partial charge < -0.3 is 16.2 Å². The zero-order chi connectivity index (χ0) is 11.3. The van der Waals surface area contributed by atoms with Crippen LogP contribution < -0.4 is 11.5 Å². The number of rotatable bonds is 5. The molecule has 0 aliphatic carbocycles. The van der Waals surface area contributed by atoms with Gasteiger partial charge in [-0.1, -0.05) is 0 Å². The predicted molar refractivity (Wildman–Crippen MR) is 58.3 cm³/mol. The summed E-state index contributed by atoms with van der Waals surface area (Å²) in [6.07, 6.45) is 2.72. The maximum absolute atomic E-state index is 10.8. The third kappa shape index (κ3) is 3.77.